The molecule has 168 valence electrons. The summed E-state index contributed by atoms with van der Waals surface area (Å²) < 4.78 is 20.2. The van der Waals surface area contributed by atoms with Crippen LogP contribution in [0.15, 0.2) is 23.2 Å². The zero-order valence-corrected chi connectivity index (χ0v) is 19.4. The van der Waals surface area contributed by atoms with Gasteiger partial charge in [-0.3, -0.25) is 4.99 Å². The number of nitrogens with one attached hydrogen (secondary N) is 2. The summed E-state index contributed by atoms with van der Waals surface area (Å²) in [6.45, 7) is 9.02. The van der Waals surface area contributed by atoms with Crippen molar-refractivity contribution >= 4 is 29.5 Å². The van der Waals surface area contributed by atoms with Gasteiger partial charge in [-0.05, 0) is 44.7 Å². The molecule has 0 spiro atoms. The number of thioether (sulfide) groups is 1. The summed E-state index contributed by atoms with van der Waals surface area (Å²) in [6, 6.07) is 5.28. The van der Waals surface area contributed by atoms with Crippen molar-refractivity contribution < 1.29 is 13.9 Å². The average Bonchev–Trinajstić information content (AvgIpc) is 2.69. The smallest absolute Gasteiger partial charge is 0.410 e. The van der Waals surface area contributed by atoms with Gasteiger partial charge in [0.15, 0.2) is 5.96 Å². The van der Waals surface area contributed by atoms with Crippen molar-refractivity contribution in [1.29, 1.82) is 0 Å². The number of hydrogen-bond donors (Lipinski definition) is 2. The lowest BCUT2D eigenvalue weighted by molar-refractivity contribution is 0.0240. The molecule has 1 heterocycles. The summed E-state index contributed by atoms with van der Waals surface area (Å²) >= 11 is 1.76. The van der Waals surface area contributed by atoms with Gasteiger partial charge in [-0.15, -0.1) is 0 Å². The third-order valence-corrected chi connectivity index (χ3v) is 5.18. The molecule has 0 aliphatic carbocycles. The maximum Gasteiger partial charge on any atom is 0.410 e. The monoisotopic (exact) mass is 439 g/mol. The van der Waals surface area contributed by atoms with Crippen LogP contribution in [0.25, 0.3) is 0 Å². The Balaban J connectivity index is 1.88. The van der Waals surface area contributed by atoms with Crippen molar-refractivity contribution in [3.05, 3.63) is 29.6 Å². The Kier molecular flexibility index (Phi) is 9.08. The van der Waals surface area contributed by atoms with Gasteiger partial charge in [0.1, 0.15) is 11.4 Å². The van der Waals surface area contributed by atoms with E-state index in [1.54, 1.807) is 35.8 Å². The lowest BCUT2D eigenvalue weighted by atomic mass is 10.1. The van der Waals surface area contributed by atoms with Crippen LogP contribution in [0.4, 0.5) is 14.9 Å². The summed E-state index contributed by atoms with van der Waals surface area (Å²) in [5.74, 6) is 1.43. The lowest BCUT2D eigenvalue weighted by Crippen LogP contribution is -2.50. The minimum Gasteiger partial charge on any atom is -0.444 e. The Morgan fingerprint density at radius 1 is 1.23 bits per heavy atom. The van der Waals surface area contributed by atoms with Gasteiger partial charge in [0, 0.05) is 52.1 Å². The van der Waals surface area contributed by atoms with Crippen molar-refractivity contribution in [3.63, 3.8) is 0 Å². The zero-order chi connectivity index (χ0) is 22.1. The van der Waals surface area contributed by atoms with E-state index in [1.807, 2.05) is 31.7 Å². The first-order valence-electron chi connectivity index (χ1n) is 10.2. The first-order chi connectivity index (χ1) is 14.2. The number of rotatable bonds is 6. The Hall–Kier alpha value is -2.16. The summed E-state index contributed by atoms with van der Waals surface area (Å²) in [4.78, 5) is 20.0. The van der Waals surface area contributed by atoms with E-state index in [2.05, 4.69) is 21.9 Å². The minimum atomic E-state index is -0.517. The van der Waals surface area contributed by atoms with E-state index in [0.29, 0.717) is 44.4 Å². The highest BCUT2D eigenvalue weighted by molar-refractivity contribution is 7.98. The predicted molar refractivity (Wildman–Crippen MR) is 123 cm³/mol. The van der Waals surface area contributed by atoms with Crippen LogP contribution in [0.1, 0.15) is 26.3 Å². The number of nitrogens with zero attached hydrogens (tertiary/aromatic N) is 3. The number of carbonyl (C=O) groups is 1. The summed E-state index contributed by atoms with van der Waals surface area (Å²) in [7, 11) is 1.72. The highest BCUT2D eigenvalue weighted by atomic mass is 32.2. The number of piperazine rings is 1. The maximum absolute atomic E-state index is 14.7. The van der Waals surface area contributed by atoms with Gasteiger partial charge in [-0.1, -0.05) is 6.07 Å². The molecule has 0 unspecified atom stereocenters. The largest absolute Gasteiger partial charge is 0.444 e. The van der Waals surface area contributed by atoms with Crippen molar-refractivity contribution in [2.24, 2.45) is 4.99 Å². The summed E-state index contributed by atoms with van der Waals surface area (Å²) in [5, 5.41) is 6.42. The number of carbonyl (C=O) groups excluding carboxylic acids is 1. The zero-order valence-electron chi connectivity index (χ0n) is 18.6. The van der Waals surface area contributed by atoms with E-state index >= 15 is 0 Å². The van der Waals surface area contributed by atoms with Crippen molar-refractivity contribution in [2.75, 3.05) is 56.7 Å². The fourth-order valence-corrected chi connectivity index (χ4v) is 3.36. The Morgan fingerprint density at radius 2 is 1.93 bits per heavy atom. The fourth-order valence-electron chi connectivity index (χ4n) is 3.05. The third kappa shape index (κ3) is 7.59. The molecule has 1 aliphatic heterocycles. The molecule has 0 radical (unpaired) electrons. The minimum absolute atomic E-state index is 0.259. The van der Waals surface area contributed by atoms with E-state index in [0.717, 1.165) is 17.9 Å². The molecule has 2 N–H and O–H groups in total. The lowest BCUT2D eigenvalue weighted by Gasteiger charge is -2.36. The summed E-state index contributed by atoms with van der Waals surface area (Å²) in [6.07, 6.45) is 1.74. The molecule has 1 amide bonds. The first kappa shape index (κ1) is 24.1. The van der Waals surface area contributed by atoms with Crippen molar-refractivity contribution in [1.82, 2.24) is 15.5 Å². The second-order valence-electron chi connectivity index (χ2n) is 8.09. The van der Waals surface area contributed by atoms with Crippen LogP contribution >= 0.6 is 11.8 Å². The van der Waals surface area contributed by atoms with E-state index in [4.69, 9.17) is 4.74 Å². The molecule has 7 nitrogen and oxygen atoms in total. The number of anilines is 1. The predicted octanol–water partition coefficient (Wildman–Crippen LogP) is 2.91. The first-order valence-corrected chi connectivity index (χ1v) is 11.6. The SMILES string of the molecule is CN=C(NCCSC)NCc1ccc(N2CCN(C(=O)OC(C)(C)C)CC2)c(F)c1. The van der Waals surface area contributed by atoms with E-state index in [1.165, 1.54) is 0 Å². The summed E-state index contributed by atoms with van der Waals surface area (Å²) in [5.41, 5.74) is 0.887. The van der Waals surface area contributed by atoms with E-state index in [-0.39, 0.29) is 11.9 Å². The average molecular weight is 440 g/mol. The molecule has 2 rings (SSSR count). The van der Waals surface area contributed by atoms with Gasteiger partial charge in [0.25, 0.3) is 0 Å². The number of ether oxygens (including phenoxy) is 1. The molecule has 1 saturated heterocycles. The molecule has 0 saturated carbocycles. The van der Waals surface area contributed by atoms with Crippen molar-refractivity contribution in [2.45, 2.75) is 32.9 Å². The van der Waals surface area contributed by atoms with Crippen LogP contribution in [0, 0.1) is 5.82 Å². The second-order valence-corrected chi connectivity index (χ2v) is 9.07. The molecule has 1 aromatic rings. The van der Waals surface area contributed by atoms with Crippen LogP contribution in [0.5, 0.6) is 0 Å². The quantitative estimate of drug-likeness (QED) is 0.404. The normalized spacial score (nSPS) is 15.2. The van der Waals surface area contributed by atoms with Crippen LogP contribution in [-0.4, -0.2) is 74.3 Å². The Bertz CT molecular complexity index is 731. The molecule has 9 heteroatoms. The molecule has 30 heavy (non-hydrogen) atoms. The van der Waals surface area contributed by atoms with Crippen LogP contribution in [0.2, 0.25) is 0 Å². The van der Waals surface area contributed by atoms with Crippen LogP contribution in [0.3, 0.4) is 0 Å². The van der Waals surface area contributed by atoms with Crippen LogP contribution < -0.4 is 15.5 Å². The molecule has 0 bridgehead atoms. The van der Waals surface area contributed by atoms with Gasteiger partial charge < -0.3 is 25.2 Å². The van der Waals surface area contributed by atoms with Gasteiger partial charge in [0.2, 0.25) is 0 Å². The fraction of sp³-hybridized carbons (Fsp3) is 0.619. The van der Waals surface area contributed by atoms with E-state index < -0.39 is 5.60 Å². The molecule has 0 aromatic heterocycles. The standard InChI is InChI=1S/C21H34FN5O2S/c1-21(2,3)29-20(28)27-11-9-26(10-12-27)18-7-6-16(14-17(18)22)15-25-19(23-4)24-8-13-30-5/h6-7,14H,8-13,15H2,1-5H3,(H2,23,24,25). The molecule has 1 aromatic carbocycles. The Labute approximate surface area is 183 Å². The topological polar surface area (TPSA) is 69.2 Å². The number of amides is 1. The molecular weight excluding hydrogens is 405 g/mol. The maximum atomic E-state index is 14.7. The van der Waals surface area contributed by atoms with Crippen LogP contribution in [-0.2, 0) is 11.3 Å². The van der Waals surface area contributed by atoms with Crippen molar-refractivity contribution in [3.8, 4) is 0 Å². The van der Waals surface area contributed by atoms with Gasteiger partial charge in [0.05, 0.1) is 5.69 Å². The molecular formula is C21H34FN5O2S. The number of aliphatic imine (C=N–C) groups is 1. The highest BCUT2D eigenvalue weighted by Gasteiger charge is 2.26. The number of guanidine groups is 1. The van der Waals surface area contributed by atoms with E-state index in [9.17, 15) is 9.18 Å². The van der Waals surface area contributed by atoms with Gasteiger partial charge in [-0.2, -0.15) is 11.8 Å². The Morgan fingerprint density at radius 3 is 2.50 bits per heavy atom. The highest BCUT2D eigenvalue weighted by Crippen LogP contribution is 2.22. The molecule has 0 atom stereocenters. The molecule has 1 aliphatic rings. The number of benzene rings is 1. The van der Waals surface area contributed by atoms with Gasteiger partial charge in [-0.25, -0.2) is 9.18 Å². The third-order valence-electron chi connectivity index (χ3n) is 4.57. The number of halogens is 1. The number of hydrogen-bond acceptors (Lipinski definition) is 5. The molecule has 1 fully saturated rings. The second kappa shape index (κ2) is 11.3. The van der Waals surface area contributed by atoms with Gasteiger partial charge >= 0.3 is 6.09 Å².